The number of benzene rings is 2. The highest BCUT2D eigenvalue weighted by Crippen LogP contribution is 2.44. The molecule has 1 heteroatoms. The van der Waals surface area contributed by atoms with Crippen LogP contribution in [0.5, 0.6) is 0 Å². The molecular formula is C19H23N. The van der Waals surface area contributed by atoms with Gasteiger partial charge in [-0.2, -0.15) is 0 Å². The molecule has 0 aromatic heterocycles. The van der Waals surface area contributed by atoms with Crippen molar-refractivity contribution in [2.24, 2.45) is 17.6 Å². The molecule has 0 aliphatic heterocycles. The highest BCUT2D eigenvalue weighted by molar-refractivity contribution is 5.18. The molecule has 1 saturated carbocycles. The van der Waals surface area contributed by atoms with E-state index in [0.717, 1.165) is 18.3 Å². The van der Waals surface area contributed by atoms with Crippen LogP contribution in [0.4, 0.5) is 0 Å². The lowest BCUT2D eigenvalue weighted by Crippen LogP contribution is -2.23. The van der Waals surface area contributed by atoms with Crippen LogP contribution in [0.1, 0.15) is 24.0 Å². The minimum Gasteiger partial charge on any atom is -0.327 e. The molecule has 1 fully saturated rings. The largest absolute Gasteiger partial charge is 0.327 e. The summed E-state index contributed by atoms with van der Waals surface area (Å²) >= 11 is 0. The fourth-order valence-corrected chi connectivity index (χ4v) is 3.15. The van der Waals surface area contributed by atoms with Gasteiger partial charge in [0, 0.05) is 6.04 Å². The zero-order chi connectivity index (χ0) is 13.8. The zero-order valence-electron chi connectivity index (χ0n) is 11.9. The molecule has 0 bridgehead atoms. The molecule has 2 aromatic rings. The normalized spacial score (nSPS) is 22.4. The average molecular weight is 265 g/mol. The van der Waals surface area contributed by atoms with Gasteiger partial charge in [-0.15, -0.1) is 0 Å². The van der Waals surface area contributed by atoms with Crippen molar-refractivity contribution in [3.05, 3.63) is 71.8 Å². The third-order valence-corrected chi connectivity index (χ3v) is 4.36. The second-order valence-electron chi connectivity index (χ2n) is 6.13. The summed E-state index contributed by atoms with van der Waals surface area (Å²) in [5.41, 5.74) is 9.13. The lowest BCUT2D eigenvalue weighted by Gasteiger charge is -2.11. The van der Waals surface area contributed by atoms with Crippen molar-refractivity contribution in [1.82, 2.24) is 0 Å². The number of rotatable bonds is 6. The van der Waals surface area contributed by atoms with E-state index in [1.165, 1.54) is 30.4 Å². The molecule has 20 heavy (non-hydrogen) atoms. The number of hydrogen-bond donors (Lipinski definition) is 1. The summed E-state index contributed by atoms with van der Waals surface area (Å²) in [5.74, 6) is 1.70. The van der Waals surface area contributed by atoms with E-state index in [2.05, 4.69) is 60.7 Å². The maximum atomic E-state index is 6.30. The first-order valence-electron chi connectivity index (χ1n) is 7.64. The molecule has 104 valence electrons. The summed E-state index contributed by atoms with van der Waals surface area (Å²) in [4.78, 5) is 0. The van der Waals surface area contributed by atoms with Crippen LogP contribution in [-0.4, -0.2) is 6.04 Å². The van der Waals surface area contributed by atoms with E-state index in [1.54, 1.807) is 0 Å². The third-order valence-electron chi connectivity index (χ3n) is 4.36. The van der Waals surface area contributed by atoms with Gasteiger partial charge in [-0.1, -0.05) is 60.7 Å². The Labute approximate surface area is 121 Å². The molecule has 0 amide bonds. The van der Waals surface area contributed by atoms with Crippen molar-refractivity contribution in [1.29, 1.82) is 0 Å². The van der Waals surface area contributed by atoms with Crippen molar-refractivity contribution in [3.8, 4) is 0 Å². The number of hydrogen-bond acceptors (Lipinski definition) is 1. The monoisotopic (exact) mass is 265 g/mol. The highest BCUT2D eigenvalue weighted by atomic mass is 14.6. The van der Waals surface area contributed by atoms with Crippen molar-refractivity contribution in [3.63, 3.8) is 0 Å². The fraction of sp³-hybridized carbons (Fsp3) is 0.368. The van der Waals surface area contributed by atoms with E-state index in [4.69, 9.17) is 5.73 Å². The van der Waals surface area contributed by atoms with Gasteiger partial charge in [-0.05, 0) is 48.6 Å². The molecule has 0 spiro atoms. The highest BCUT2D eigenvalue weighted by Gasteiger charge is 2.37. The Morgan fingerprint density at radius 1 is 0.850 bits per heavy atom. The van der Waals surface area contributed by atoms with Gasteiger partial charge in [-0.3, -0.25) is 0 Å². The smallest absolute Gasteiger partial charge is 0.00820 e. The van der Waals surface area contributed by atoms with Crippen LogP contribution in [0.15, 0.2) is 60.7 Å². The second-order valence-corrected chi connectivity index (χ2v) is 6.13. The molecular weight excluding hydrogens is 242 g/mol. The van der Waals surface area contributed by atoms with Gasteiger partial charge in [-0.25, -0.2) is 0 Å². The SMILES string of the molecule is N[C@@H](Cc1ccccc1)C[C@H]1C[C@H]1Cc1ccccc1. The molecule has 3 rings (SSSR count). The molecule has 1 nitrogen and oxygen atoms in total. The maximum absolute atomic E-state index is 6.30. The predicted molar refractivity (Wildman–Crippen MR) is 84.5 cm³/mol. The van der Waals surface area contributed by atoms with Crippen LogP contribution in [0.25, 0.3) is 0 Å². The summed E-state index contributed by atoms with van der Waals surface area (Å²) in [6, 6.07) is 21.7. The summed E-state index contributed by atoms with van der Waals surface area (Å²) in [6.45, 7) is 0. The standard InChI is InChI=1S/C19H23N/c20-19(12-16-9-5-2-6-10-16)14-18-13-17(18)11-15-7-3-1-4-8-15/h1-10,17-19H,11-14,20H2/t17-,18-,19+/m1/s1. The Hall–Kier alpha value is -1.60. The molecule has 0 unspecified atom stereocenters. The first-order chi connectivity index (χ1) is 9.81. The molecule has 2 aromatic carbocycles. The Kier molecular flexibility index (Phi) is 4.17. The van der Waals surface area contributed by atoms with Crippen molar-refractivity contribution in [2.75, 3.05) is 0 Å². The van der Waals surface area contributed by atoms with E-state index >= 15 is 0 Å². The van der Waals surface area contributed by atoms with Gasteiger partial charge >= 0.3 is 0 Å². The zero-order valence-corrected chi connectivity index (χ0v) is 11.9. The van der Waals surface area contributed by atoms with Gasteiger partial charge < -0.3 is 5.73 Å². The predicted octanol–water partition coefficient (Wildman–Crippen LogP) is 3.83. The Bertz CT molecular complexity index is 520. The Morgan fingerprint density at radius 3 is 2.10 bits per heavy atom. The minimum absolute atomic E-state index is 0.308. The van der Waals surface area contributed by atoms with Crippen molar-refractivity contribution >= 4 is 0 Å². The average Bonchev–Trinajstić information content (AvgIpc) is 3.18. The van der Waals surface area contributed by atoms with Gasteiger partial charge in [0.15, 0.2) is 0 Å². The molecule has 1 aliphatic carbocycles. The maximum Gasteiger partial charge on any atom is 0.00820 e. The van der Waals surface area contributed by atoms with E-state index in [1.807, 2.05) is 0 Å². The van der Waals surface area contributed by atoms with E-state index < -0.39 is 0 Å². The lowest BCUT2D eigenvalue weighted by molar-refractivity contribution is 0.535. The molecule has 0 heterocycles. The number of nitrogens with two attached hydrogens (primary N) is 1. The minimum atomic E-state index is 0.308. The van der Waals surface area contributed by atoms with E-state index in [9.17, 15) is 0 Å². The first kappa shape index (κ1) is 13.4. The van der Waals surface area contributed by atoms with Crippen LogP contribution in [-0.2, 0) is 12.8 Å². The topological polar surface area (TPSA) is 26.0 Å². The Balaban J connectivity index is 1.44. The quantitative estimate of drug-likeness (QED) is 0.844. The van der Waals surface area contributed by atoms with Crippen molar-refractivity contribution < 1.29 is 0 Å². The van der Waals surface area contributed by atoms with Gasteiger partial charge in [0.05, 0.1) is 0 Å². The second kappa shape index (κ2) is 6.23. The lowest BCUT2D eigenvalue weighted by atomic mass is 10.00. The molecule has 0 saturated heterocycles. The van der Waals surface area contributed by atoms with Crippen LogP contribution in [0.2, 0.25) is 0 Å². The van der Waals surface area contributed by atoms with E-state index in [-0.39, 0.29) is 0 Å². The first-order valence-corrected chi connectivity index (χ1v) is 7.64. The third kappa shape index (κ3) is 3.71. The summed E-state index contributed by atoms with van der Waals surface area (Å²) in [6.07, 6.45) is 4.77. The molecule has 3 atom stereocenters. The van der Waals surface area contributed by atoms with Crippen LogP contribution in [0, 0.1) is 11.8 Å². The molecule has 0 radical (unpaired) electrons. The fourth-order valence-electron chi connectivity index (χ4n) is 3.15. The van der Waals surface area contributed by atoms with Crippen LogP contribution in [0.3, 0.4) is 0 Å². The van der Waals surface area contributed by atoms with E-state index in [0.29, 0.717) is 6.04 Å². The van der Waals surface area contributed by atoms with Gasteiger partial charge in [0.25, 0.3) is 0 Å². The van der Waals surface area contributed by atoms with Crippen LogP contribution < -0.4 is 5.73 Å². The van der Waals surface area contributed by atoms with Crippen molar-refractivity contribution in [2.45, 2.75) is 31.7 Å². The Morgan fingerprint density at radius 2 is 1.45 bits per heavy atom. The summed E-state index contributed by atoms with van der Waals surface area (Å²) in [5, 5.41) is 0. The van der Waals surface area contributed by atoms with Gasteiger partial charge in [0.2, 0.25) is 0 Å². The summed E-state index contributed by atoms with van der Waals surface area (Å²) in [7, 11) is 0. The van der Waals surface area contributed by atoms with Crippen LogP contribution >= 0.6 is 0 Å². The molecule has 1 aliphatic rings. The molecule has 2 N–H and O–H groups in total. The van der Waals surface area contributed by atoms with Gasteiger partial charge in [0.1, 0.15) is 0 Å². The summed E-state index contributed by atoms with van der Waals surface area (Å²) < 4.78 is 0.